The van der Waals surface area contributed by atoms with E-state index >= 15 is 0 Å². The van der Waals surface area contributed by atoms with Crippen molar-refractivity contribution in [3.63, 3.8) is 0 Å². The van der Waals surface area contributed by atoms with Crippen LogP contribution in [0.2, 0.25) is 0 Å². The maximum Gasteiger partial charge on any atom is 0.407 e. The molecule has 1 N–H and O–H groups in total. The second-order valence-electron chi connectivity index (χ2n) is 10.2. The van der Waals surface area contributed by atoms with Crippen LogP contribution in [0.5, 0.6) is 5.75 Å². The number of carbonyl (C=O) groups excluding carboxylic acids is 2. The first-order valence-corrected chi connectivity index (χ1v) is 12.3. The first-order valence-electron chi connectivity index (χ1n) is 12.3. The molecule has 0 saturated carbocycles. The van der Waals surface area contributed by atoms with Crippen LogP contribution in [0.15, 0.2) is 12.1 Å². The lowest BCUT2D eigenvalue weighted by atomic mass is 9.97. The standard InChI is InChI=1S/C26H36N4O5/c1-17(2)30(19-10-9-12-28(16-19)25(33)34)23(31)20-15-21-22(14-18(20)3)35-26(4,5)24(32)29(21)13-8-6-7-11-27/h14-15,17,19H,6-10,12-13,16H2,1-5H3,(H,33,34)/t19-/m1/s1. The topological polar surface area (TPSA) is 114 Å². The number of amides is 3. The summed E-state index contributed by atoms with van der Waals surface area (Å²) in [5, 5.41) is 18.3. The molecule has 0 unspecified atom stereocenters. The number of nitriles is 1. The Morgan fingerprint density at radius 1 is 1.31 bits per heavy atom. The summed E-state index contributed by atoms with van der Waals surface area (Å²) in [6.07, 6.45) is 2.23. The van der Waals surface area contributed by atoms with Gasteiger partial charge in [-0.05, 0) is 78.0 Å². The van der Waals surface area contributed by atoms with E-state index in [0.29, 0.717) is 55.8 Å². The van der Waals surface area contributed by atoms with Crippen LogP contribution in [0, 0.1) is 18.3 Å². The highest BCUT2D eigenvalue weighted by molar-refractivity contribution is 6.05. The normalized spacial score (nSPS) is 19.1. The number of nitrogens with zero attached hydrogens (tertiary/aromatic N) is 4. The number of unbranched alkanes of at least 4 members (excludes halogenated alkanes) is 2. The third-order valence-corrected chi connectivity index (χ3v) is 6.72. The molecule has 3 amide bonds. The first kappa shape index (κ1) is 26.3. The molecule has 1 atom stereocenters. The Morgan fingerprint density at radius 2 is 2.03 bits per heavy atom. The van der Waals surface area contributed by atoms with Crippen molar-refractivity contribution in [1.82, 2.24) is 9.80 Å². The Labute approximate surface area is 207 Å². The highest BCUT2D eigenvalue weighted by atomic mass is 16.5. The van der Waals surface area contributed by atoms with E-state index in [1.54, 1.807) is 29.7 Å². The molecule has 0 bridgehead atoms. The summed E-state index contributed by atoms with van der Waals surface area (Å²) >= 11 is 0. The molecule has 0 spiro atoms. The SMILES string of the molecule is Cc1cc2c(cc1C(=O)N(C(C)C)[C@@H]1CCCN(C(=O)O)C1)N(CCCCC#N)C(=O)C(C)(C)O2. The lowest BCUT2D eigenvalue weighted by molar-refractivity contribution is -0.132. The Balaban J connectivity index is 1.97. The van der Waals surface area contributed by atoms with Gasteiger partial charge in [0.15, 0.2) is 5.60 Å². The van der Waals surface area contributed by atoms with Gasteiger partial charge in [-0.25, -0.2) is 4.79 Å². The fourth-order valence-electron chi connectivity index (χ4n) is 4.96. The molecular formula is C26H36N4O5. The fourth-order valence-corrected chi connectivity index (χ4v) is 4.96. The van der Waals surface area contributed by atoms with Crippen LogP contribution in [0.25, 0.3) is 0 Å². The number of hydrogen-bond donors (Lipinski definition) is 1. The number of piperidine rings is 1. The summed E-state index contributed by atoms with van der Waals surface area (Å²) in [6, 6.07) is 5.32. The third-order valence-electron chi connectivity index (χ3n) is 6.72. The first-order chi connectivity index (χ1) is 16.5. The van der Waals surface area contributed by atoms with Crippen LogP contribution in [-0.2, 0) is 4.79 Å². The zero-order valence-corrected chi connectivity index (χ0v) is 21.3. The molecule has 2 aliphatic rings. The smallest absolute Gasteiger partial charge is 0.407 e. The van der Waals surface area contributed by atoms with E-state index < -0.39 is 11.7 Å². The summed E-state index contributed by atoms with van der Waals surface area (Å²) in [5.74, 6) is 0.184. The third kappa shape index (κ3) is 5.53. The minimum Gasteiger partial charge on any atom is -0.476 e. The number of rotatable bonds is 7. The van der Waals surface area contributed by atoms with Crippen molar-refractivity contribution < 1.29 is 24.2 Å². The van der Waals surface area contributed by atoms with Crippen LogP contribution in [0.4, 0.5) is 10.5 Å². The van der Waals surface area contributed by atoms with Gasteiger partial charge >= 0.3 is 6.09 Å². The number of likely N-dealkylation sites (tertiary alicyclic amines) is 1. The Hall–Kier alpha value is -3.28. The Bertz CT molecular complexity index is 1030. The van der Waals surface area contributed by atoms with E-state index in [4.69, 9.17) is 10.00 Å². The van der Waals surface area contributed by atoms with Gasteiger partial charge in [0, 0.05) is 37.7 Å². The average molecular weight is 485 g/mol. The van der Waals surface area contributed by atoms with Crippen LogP contribution in [0.3, 0.4) is 0 Å². The lowest BCUT2D eigenvalue weighted by Crippen LogP contribution is -2.54. The molecule has 2 aliphatic heterocycles. The molecule has 190 valence electrons. The highest BCUT2D eigenvalue weighted by Gasteiger charge is 2.42. The molecule has 1 fully saturated rings. The van der Waals surface area contributed by atoms with E-state index in [2.05, 4.69) is 6.07 Å². The van der Waals surface area contributed by atoms with Crippen molar-refractivity contribution in [3.05, 3.63) is 23.3 Å². The molecule has 0 radical (unpaired) electrons. The number of ether oxygens (including phenoxy) is 1. The average Bonchev–Trinajstić information content (AvgIpc) is 2.78. The zero-order valence-electron chi connectivity index (χ0n) is 21.3. The van der Waals surface area contributed by atoms with Gasteiger partial charge in [-0.1, -0.05) is 0 Å². The molecule has 35 heavy (non-hydrogen) atoms. The summed E-state index contributed by atoms with van der Waals surface area (Å²) < 4.78 is 6.03. The van der Waals surface area contributed by atoms with Crippen LogP contribution < -0.4 is 9.64 Å². The number of carbonyl (C=O) groups is 3. The quantitative estimate of drug-likeness (QED) is 0.581. The van der Waals surface area contributed by atoms with Gasteiger partial charge in [0.25, 0.3) is 11.8 Å². The fraction of sp³-hybridized carbons (Fsp3) is 0.615. The van der Waals surface area contributed by atoms with Crippen molar-refractivity contribution in [1.29, 1.82) is 5.26 Å². The monoisotopic (exact) mass is 484 g/mol. The maximum absolute atomic E-state index is 13.9. The van der Waals surface area contributed by atoms with Crippen LogP contribution in [0.1, 0.15) is 75.7 Å². The number of anilines is 1. The molecule has 3 rings (SSSR count). The summed E-state index contributed by atoms with van der Waals surface area (Å²) in [7, 11) is 0. The van der Waals surface area contributed by atoms with Crippen molar-refractivity contribution in [2.24, 2.45) is 0 Å². The number of carboxylic acid groups (broad SMARTS) is 1. The molecule has 2 heterocycles. The maximum atomic E-state index is 13.9. The predicted molar refractivity (Wildman–Crippen MR) is 132 cm³/mol. The Morgan fingerprint density at radius 3 is 2.66 bits per heavy atom. The Kier molecular flexibility index (Phi) is 7.93. The minimum absolute atomic E-state index is 0.129. The molecule has 1 aromatic carbocycles. The number of aryl methyl sites for hydroxylation is 1. The lowest BCUT2D eigenvalue weighted by Gasteiger charge is -2.41. The van der Waals surface area contributed by atoms with Crippen LogP contribution >= 0.6 is 0 Å². The van der Waals surface area contributed by atoms with E-state index in [1.807, 2.05) is 26.8 Å². The molecule has 0 aliphatic carbocycles. The highest BCUT2D eigenvalue weighted by Crippen LogP contribution is 2.40. The molecule has 1 saturated heterocycles. The van der Waals surface area contributed by atoms with Crippen molar-refractivity contribution in [2.45, 2.75) is 84.4 Å². The molecule has 1 aromatic rings. The van der Waals surface area contributed by atoms with E-state index in [-0.39, 0.29) is 30.4 Å². The van der Waals surface area contributed by atoms with Gasteiger partial charge < -0.3 is 24.5 Å². The van der Waals surface area contributed by atoms with E-state index in [0.717, 1.165) is 12.0 Å². The molecule has 0 aromatic heterocycles. The molecule has 9 nitrogen and oxygen atoms in total. The summed E-state index contributed by atoms with van der Waals surface area (Å²) in [5.41, 5.74) is 0.731. The summed E-state index contributed by atoms with van der Waals surface area (Å²) in [4.78, 5) is 43.4. The van der Waals surface area contributed by atoms with E-state index in [1.165, 1.54) is 4.90 Å². The zero-order chi connectivity index (χ0) is 25.9. The van der Waals surface area contributed by atoms with Gasteiger partial charge in [0.05, 0.1) is 17.8 Å². The van der Waals surface area contributed by atoms with Crippen LogP contribution in [-0.4, -0.2) is 70.1 Å². The number of hydrogen-bond acceptors (Lipinski definition) is 5. The number of fused-ring (bicyclic) bond motifs is 1. The second kappa shape index (κ2) is 10.5. The predicted octanol–water partition coefficient (Wildman–Crippen LogP) is 4.19. The van der Waals surface area contributed by atoms with Gasteiger partial charge in [-0.15, -0.1) is 0 Å². The van der Waals surface area contributed by atoms with Crippen molar-refractivity contribution in [2.75, 3.05) is 24.5 Å². The molecule has 9 heteroatoms. The van der Waals surface area contributed by atoms with E-state index in [9.17, 15) is 19.5 Å². The number of benzene rings is 1. The van der Waals surface area contributed by atoms with Gasteiger partial charge in [-0.2, -0.15) is 5.26 Å². The van der Waals surface area contributed by atoms with Gasteiger partial charge in [0.2, 0.25) is 0 Å². The largest absolute Gasteiger partial charge is 0.476 e. The van der Waals surface area contributed by atoms with Gasteiger partial charge in [0.1, 0.15) is 5.75 Å². The summed E-state index contributed by atoms with van der Waals surface area (Å²) in [6.45, 7) is 10.4. The van der Waals surface area contributed by atoms with Crippen molar-refractivity contribution in [3.8, 4) is 11.8 Å². The van der Waals surface area contributed by atoms with Gasteiger partial charge in [-0.3, -0.25) is 9.59 Å². The minimum atomic E-state index is -1.04. The second-order valence-corrected chi connectivity index (χ2v) is 10.2. The van der Waals surface area contributed by atoms with Crippen molar-refractivity contribution >= 4 is 23.6 Å². The molecular weight excluding hydrogens is 448 g/mol.